The van der Waals surface area contributed by atoms with Gasteiger partial charge in [-0.3, -0.25) is 4.57 Å². The smallest absolute Gasteiger partial charge is 0.250 e. The van der Waals surface area contributed by atoms with Crippen LogP contribution in [0.25, 0.3) is 16.2 Å². The van der Waals surface area contributed by atoms with E-state index in [9.17, 15) is 0 Å². The van der Waals surface area contributed by atoms with E-state index in [1.165, 1.54) is 5.56 Å². The van der Waals surface area contributed by atoms with Crippen LogP contribution in [0.2, 0.25) is 0 Å². The van der Waals surface area contributed by atoms with E-state index in [0.29, 0.717) is 28.9 Å². The Labute approximate surface area is 167 Å². The molecule has 5 rings (SSSR count). The van der Waals surface area contributed by atoms with Gasteiger partial charge in [0.15, 0.2) is 0 Å². The number of rotatable bonds is 4. The highest BCUT2D eigenvalue weighted by atomic mass is 16.5. The molecule has 0 radical (unpaired) electrons. The first-order valence-corrected chi connectivity index (χ1v) is 9.23. The minimum Gasteiger partial charge on any atom is -0.457 e. The summed E-state index contributed by atoms with van der Waals surface area (Å²) in [5.41, 5.74) is 2.21. The number of aryl methyl sites for hydroxylation is 1. The van der Waals surface area contributed by atoms with Crippen molar-refractivity contribution in [2.75, 3.05) is 0 Å². The van der Waals surface area contributed by atoms with Crippen molar-refractivity contribution in [3.05, 3.63) is 90.0 Å². The maximum absolute atomic E-state index is 7.30. The zero-order valence-corrected chi connectivity index (χ0v) is 15.4. The summed E-state index contributed by atoms with van der Waals surface area (Å²) in [4.78, 5) is 12.2. The van der Waals surface area contributed by atoms with E-state index in [1.54, 1.807) is 18.5 Å². The van der Waals surface area contributed by atoms with Crippen LogP contribution >= 0.6 is 0 Å². The maximum Gasteiger partial charge on any atom is 0.250 e. The van der Waals surface area contributed by atoms with Crippen LogP contribution in [0.15, 0.2) is 73.1 Å². The Balaban J connectivity index is 1.41. The van der Waals surface area contributed by atoms with Gasteiger partial charge in [-0.2, -0.15) is 0 Å². The minimum atomic E-state index is 0.529. The SMILES string of the molecule is [C-]#[N+]c1cnc2n1CCc1ccc(Oc3cccc(Oc4ccccn4)c3)cc1-2. The molecule has 4 aromatic rings. The lowest BCUT2D eigenvalue weighted by molar-refractivity contribution is 0.449. The van der Waals surface area contributed by atoms with Crippen molar-refractivity contribution in [3.63, 3.8) is 0 Å². The lowest BCUT2D eigenvalue weighted by Gasteiger charge is -2.17. The maximum atomic E-state index is 7.30. The van der Waals surface area contributed by atoms with Crippen LogP contribution < -0.4 is 9.47 Å². The van der Waals surface area contributed by atoms with Gasteiger partial charge in [0, 0.05) is 30.3 Å². The molecule has 1 aliphatic rings. The van der Waals surface area contributed by atoms with Crippen molar-refractivity contribution in [2.24, 2.45) is 0 Å². The Morgan fingerprint density at radius 2 is 1.76 bits per heavy atom. The summed E-state index contributed by atoms with van der Waals surface area (Å²) in [5.74, 6) is 3.93. The molecule has 0 amide bonds. The van der Waals surface area contributed by atoms with Crippen molar-refractivity contribution in [1.82, 2.24) is 14.5 Å². The molecule has 0 fully saturated rings. The number of nitrogens with zero attached hydrogens (tertiary/aromatic N) is 4. The second-order valence-corrected chi connectivity index (χ2v) is 6.62. The van der Waals surface area contributed by atoms with Gasteiger partial charge in [-0.25, -0.2) is 9.97 Å². The van der Waals surface area contributed by atoms with E-state index in [2.05, 4.69) is 20.9 Å². The van der Waals surface area contributed by atoms with E-state index in [4.69, 9.17) is 16.0 Å². The Hall–Kier alpha value is -4.11. The largest absolute Gasteiger partial charge is 0.457 e. The highest BCUT2D eigenvalue weighted by Gasteiger charge is 2.23. The first-order valence-electron chi connectivity index (χ1n) is 9.23. The van der Waals surface area contributed by atoms with Gasteiger partial charge >= 0.3 is 0 Å². The van der Waals surface area contributed by atoms with Crippen molar-refractivity contribution < 1.29 is 9.47 Å². The van der Waals surface area contributed by atoms with Gasteiger partial charge < -0.3 is 14.3 Å². The third-order valence-corrected chi connectivity index (χ3v) is 4.78. The van der Waals surface area contributed by atoms with E-state index in [-0.39, 0.29) is 0 Å². The second-order valence-electron chi connectivity index (χ2n) is 6.62. The zero-order valence-electron chi connectivity index (χ0n) is 15.4. The van der Waals surface area contributed by atoms with Crippen LogP contribution in [0.4, 0.5) is 5.82 Å². The van der Waals surface area contributed by atoms with Crippen molar-refractivity contribution in [1.29, 1.82) is 0 Å². The lowest BCUT2D eigenvalue weighted by Crippen LogP contribution is -2.10. The summed E-state index contributed by atoms with van der Waals surface area (Å²) in [6.07, 6.45) is 4.18. The number of hydrogen-bond donors (Lipinski definition) is 0. The van der Waals surface area contributed by atoms with Gasteiger partial charge in [-0.05, 0) is 35.9 Å². The van der Waals surface area contributed by atoms with Gasteiger partial charge in [0.25, 0.3) is 0 Å². The number of ether oxygens (including phenoxy) is 2. The van der Waals surface area contributed by atoms with Crippen molar-refractivity contribution in [3.8, 4) is 34.5 Å². The molecule has 29 heavy (non-hydrogen) atoms. The van der Waals surface area contributed by atoms with Gasteiger partial charge in [-0.15, -0.1) is 0 Å². The summed E-state index contributed by atoms with van der Waals surface area (Å²) < 4.78 is 13.8. The number of aromatic nitrogens is 3. The fourth-order valence-electron chi connectivity index (χ4n) is 3.43. The quantitative estimate of drug-likeness (QED) is 0.430. The highest BCUT2D eigenvalue weighted by Crippen LogP contribution is 2.36. The first-order chi connectivity index (χ1) is 14.3. The van der Waals surface area contributed by atoms with Crippen molar-refractivity contribution in [2.45, 2.75) is 13.0 Å². The molecule has 0 atom stereocenters. The Morgan fingerprint density at radius 3 is 2.59 bits per heavy atom. The second kappa shape index (κ2) is 7.13. The molecule has 0 unspecified atom stereocenters. The predicted octanol–water partition coefficient (Wildman–Crippen LogP) is 5.64. The van der Waals surface area contributed by atoms with Crippen LogP contribution in [0.3, 0.4) is 0 Å². The first kappa shape index (κ1) is 17.0. The molecule has 0 bridgehead atoms. The molecular weight excluding hydrogens is 364 g/mol. The number of imidazole rings is 1. The van der Waals surface area contributed by atoms with Crippen LogP contribution in [0.5, 0.6) is 23.1 Å². The normalized spacial score (nSPS) is 11.8. The Kier molecular flexibility index (Phi) is 4.19. The van der Waals surface area contributed by atoms with Crippen LogP contribution in [-0.4, -0.2) is 14.5 Å². The molecule has 140 valence electrons. The summed E-state index contributed by atoms with van der Waals surface area (Å²) in [6, 6.07) is 19.0. The molecule has 2 aromatic carbocycles. The average Bonchev–Trinajstić information content (AvgIpc) is 3.18. The van der Waals surface area contributed by atoms with Crippen LogP contribution in [0, 0.1) is 6.57 Å². The third-order valence-electron chi connectivity index (χ3n) is 4.78. The molecular formula is C23H16N4O2. The molecule has 6 heteroatoms. The predicted molar refractivity (Wildman–Crippen MR) is 108 cm³/mol. The van der Waals surface area contributed by atoms with Gasteiger partial charge in [0.05, 0.1) is 12.7 Å². The van der Waals surface area contributed by atoms with E-state index < -0.39 is 0 Å². The molecule has 1 aliphatic heterocycles. The average molecular weight is 380 g/mol. The monoisotopic (exact) mass is 380 g/mol. The van der Waals surface area contributed by atoms with Gasteiger partial charge in [0.1, 0.15) is 17.2 Å². The molecule has 6 nitrogen and oxygen atoms in total. The third kappa shape index (κ3) is 3.30. The van der Waals surface area contributed by atoms with E-state index in [0.717, 1.165) is 24.4 Å². The fourth-order valence-corrected chi connectivity index (χ4v) is 3.43. The van der Waals surface area contributed by atoms with E-state index in [1.807, 2.05) is 53.1 Å². The number of fused-ring (bicyclic) bond motifs is 3. The molecule has 0 saturated carbocycles. The van der Waals surface area contributed by atoms with Gasteiger partial charge in [-0.1, -0.05) is 24.8 Å². The van der Waals surface area contributed by atoms with E-state index >= 15 is 0 Å². The molecule has 0 spiro atoms. The highest BCUT2D eigenvalue weighted by molar-refractivity contribution is 5.67. The fraction of sp³-hybridized carbons (Fsp3) is 0.0870. The van der Waals surface area contributed by atoms with Crippen LogP contribution in [0.1, 0.15) is 5.56 Å². The molecule has 2 aromatic heterocycles. The number of benzene rings is 2. The molecule has 0 saturated heterocycles. The Morgan fingerprint density at radius 1 is 0.897 bits per heavy atom. The minimum absolute atomic E-state index is 0.529. The summed E-state index contributed by atoms with van der Waals surface area (Å²) >= 11 is 0. The molecule has 0 N–H and O–H groups in total. The van der Waals surface area contributed by atoms with Crippen LogP contribution in [-0.2, 0) is 13.0 Å². The summed E-state index contributed by atoms with van der Waals surface area (Å²) in [6.45, 7) is 8.07. The topological polar surface area (TPSA) is 53.5 Å². The van der Waals surface area contributed by atoms with Gasteiger partial charge in [0.2, 0.25) is 17.5 Å². The standard InChI is InChI=1S/C23H16N4O2/c1-24-21-15-26-23-20-14-19(9-8-16(20)10-12-27(21)23)28-17-5-4-6-18(13-17)29-22-7-2-3-11-25-22/h2-9,11,13-15H,10,12H2. The zero-order chi connectivity index (χ0) is 19.6. The summed E-state index contributed by atoms with van der Waals surface area (Å²) in [7, 11) is 0. The Bertz CT molecular complexity index is 1230. The number of pyridine rings is 1. The summed E-state index contributed by atoms with van der Waals surface area (Å²) in [5, 5.41) is 0. The molecule has 0 aliphatic carbocycles. The lowest BCUT2D eigenvalue weighted by atomic mass is 10.0. The molecule has 3 heterocycles. The van der Waals surface area contributed by atoms with Crippen molar-refractivity contribution >= 4 is 5.82 Å². The number of hydrogen-bond acceptors (Lipinski definition) is 4.